The summed E-state index contributed by atoms with van der Waals surface area (Å²) in [6.07, 6.45) is 3.42. The topological polar surface area (TPSA) is 59.1 Å². The maximum Gasteiger partial charge on any atom is 0.220 e. The Kier molecular flexibility index (Phi) is 6.10. The fraction of sp³-hybridized carbons (Fsp3) is 0.438. The Labute approximate surface area is 120 Å². The van der Waals surface area contributed by atoms with E-state index < -0.39 is 6.04 Å². The summed E-state index contributed by atoms with van der Waals surface area (Å²) in [4.78, 5) is 27.0. The molecule has 0 aromatic carbocycles. The predicted octanol–water partition coefficient (Wildman–Crippen LogP) is 2.31. The first kappa shape index (κ1) is 16.1. The van der Waals surface area contributed by atoms with Gasteiger partial charge in [0, 0.05) is 17.8 Å². The third kappa shape index (κ3) is 4.96. The van der Waals surface area contributed by atoms with Crippen LogP contribution in [0.25, 0.3) is 6.08 Å². The van der Waals surface area contributed by atoms with Crippen LogP contribution in [0.3, 0.4) is 0 Å². The molecule has 0 saturated carbocycles. The smallest absolute Gasteiger partial charge is 0.220 e. The average Bonchev–Trinajstić information content (AvgIpc) is 2.41. The molecule has 4 nitrogen and oxygen atoms in total. The average molecular weight is 274 g/mol. The molecule has 1 aromatic heterocycles. The lowest BCUT2D eigenvalue weighted by Crippen LogP contribution is -2.39. The van der Waals surface area contributed by atoms with E-state index >= 15 is 0 Å². The van der Waals surface area contributed by atoms with Gasteiger partial charge in [-0.05, 0) is 37.0 Å². The molecule has 0 aliphatic carbocycles. The number of hydrogen-bond donors (Lipinski definition) is 1. The van der Waals surface area contributed by atoms with Gasteiger partial charge in [0.15, 0.2) is 0 Å². The van der Waals surface area contributed by atoms with Crippen LogP contribution in [-0.2, 0) is 16.0 Å². The minimum absolute atomic E-state index is 0.0981. The maximum atomic E-state index is 11.8. The molecule has 0 bridgehead atoms. The molecule has 1 rings (SSSR count). The molecule has 1 heterocycles. The van der Waals surface area contributed by atoms with Crippen LogP contribution < -0.4 is 5.32 Å². The summed E-state index contributed by atoms with van der Waals surface area (Å²) in [6, 6.07) is 3.45. The van der Waals surface area contributed by atoms with Crippen LogP contribution in [0.2, 0.25) is 0 Å². The second-order valence-electron chi connectivity index (χ2n) is 5.21. The van der Waals surface area contributed by atoms with Gasteiger partial charge in [-0.2, -0.15) is 0 Å². The number of carbonyl (C=O) groups is 2. The van der Waals surface area contributed by atoms with Gasteiger partial charge < -0.3 is 10.1 Å². The van der Waals surface area contributed by atoms with Gasteiger partial charge in [-0.25, -0.2) is 0 Å². The quantitative estimate of drug-likeness (QED) is 0.776. The molecule has 0 saturated heterocycles. The molecule has 1 aromatic rings. The highest BCUT2D eigenvalue weighted by Gasteiger charge is 2.14. The summed E-state index contributed by atoms with van der Waals surface area (Å²) in [5, 5.41) is 2.72. The Bertz CT molecular complexity index is 495. The number of amides is 1. The Hall–Kier alpha value is -1.97. The molecular weight excluding hydrogens is 252 g/mol. The Morgan fingerprint density at radius 3 is 2.70 bits per heavy atom. The van der Waals surface area contributed by atoms with Gasteiger partial charge in [-0.1, -0.05) is 26.5 Å². The van der Waals surface area contributed by atoms with Crippen LogP contribution in [0.15, 0.2) is 18.7 Å². The number of rotatable bonds is 7. The van der Waals surface area contributed by atoms with Crippen molar-refractivity contribution in [1.29, 1.82) is 0 Å². The summed E-state index contributed by atoms with van der Waals surface area (Å²) in [5.41, 5.74) is 2.77. The summed E-state index contributed by atoms with van der Waals surface area (Å²) >= 11 is 0. The highest BCUT2D eigenvalue weighted by molar-refractivity contribution is 5.79. The number of hydrogen-bond acceptors (Lipinski definition) is 3. The predicted molar refractivity (Wildman–Crippen MR) is 80.2 cm³/mol. The van der Waals surface area contributed by atoms with Gasteiger partial charge in [0.05, 0.1) is 6.04 Å². The van der Waals surface area contributed by atoms with Crippen LogP contribution in [-0.4, -0.2) is 23.2 Å². The Balaban J connectivity index is 2.58. The molecule has 108 valence electrons. The van der Waals surface area contributed by atoms with Gasteiger partial charge in [0.1, 0.15) is 6.29 Å². The SMILES string of the molecule is C=Cc1cc(C)nc(CCC(=O)NC(C=O)C(C)C)c1. The van der Waals surface area contributed by atoms with Crippen molar-refractivity contribution in [2.45, 2.75) is 39.7 Å². The number of nitrogens with zero attached hydrogens (tertiary/aromatic N) is 1. The van der Waals surface area contributed by atoms with Crippen molar-refractivity contribution in [2.75, 3.05) is 0 Å². The fourth-order valence-corrected chi connectivity index (χ4v) is 1.87. The van der Waals surface area contributed by atoms with Gasteiger partial charge >= 0.3 is 0 Å². The van der Waals surface area contributed by atoms with E-state index in [-0.39, 0.29) is 11.8 Å². The van der Waals surface area contributed by atoms with Crippen molar-refractivity contribution in [2.24, 2.45) is 5.92 Å². The monoisotopic (exact) mass is 274 g/mol. The van der Waals surface area contributed by atoms with E-state index in [9.17, 15) is 9.59 Å². The number of pyridine rings is 1. The van der Waals surface area contributed by atoms with E-state index in [2.05, 4.69) is 16.9 Å². The zero-order valence-electron chi connectivity index (χ0n) is 12.3. The van der Waals surface area contributed by atoms with Crippen molar-refractivity contribution in [3.8, 4) is 0 Å². The lowest BCUT2D eigenvalue weighted by molar-refractivity contribution is -0.124. The molecule has 1 amide bonds. The molecule has 0 spiro atoms. The summed E-state index contributed by atoms with van der Waals surface area (Å²) in [7, 11) is 0. The first-order chi connectivity index (χ1) is 9.46. The third-order valence-electron chi connectivity index (χ3n) is 3.07. The van der Waals surface area contributed by atoms with Crippen molar-refractivity contribution in [3.63, 3.8) is 0 Å². The number of aromatic nitrogens is 1. The molecular formula is C16H22N2O2. The van der Waals surface area contributed by atoms with Gasteiger partial charge in [-0.3, -0.25) is 9.78 Å². The molecule has 1 unspecified atom stereocenters. The lowest BCUT2D eigenvalue weighted by Gasteiger charge is -2.16. The van der Waals surface area contributed by atoms with Crippen LogP contribution >= 0.6 is 0 Å². The highest BCUT2D eigenvalue weighted by Crippen LogP contribution is 2.09. The van der Waals surface area contributed by atoms with Crippen molar-refractivity contribution < 1.29 is 9.59 Å². The number of nitrogens with one attached hydrogen (secondary N) is 1. The van der Waals surface area contributed by atoms with Gasteiger partial charge in [0.25, 0.3) is 0 Å². The van der Waals surface area contributed by atoms with Crippen LogP contribution in [0.5, 0.6) is 0 Å². The zero-order chi connectivity index (χ0) is 15.1. The van der Waals surface area contributed by atoms with Crippen LogP contribution in [0, 0.1) is 12.8 Å². The van der Waals surface area contributed by atoms with E-state index in [0.29, 0.717) is 12.8 Å². The van der Waals surface area contributed by atoms with E-state index in [4.69, 9.17) is 0 Å². The van der Waals surface area contributed by atoms with Crippen molar-refractivity contribution in [1.82, 2.24) is 10.3 Å². The normalized spacial score (nSPS) is 12.0. The fourth-order valence-electron chi connectivity index (χ4n) is 1.87. The minimum atomic E-state index is -0.420. The Morgan fingerprint density at radius 2 is 2.15 bits per heavy atom. The summed E-state index contributed by atoms with van der Waals surface area (Å²) < 4.78 is 0. The van der Waals surface area contributed by atoms with E-state index in [1.54, 1.807) is 6.08 Å². The van der Waals surface area contributed by atoms with Crippen LogP contribution in [0.4, 0.5) is 0 Å². The van der Waals surface area contributed by atoms with Gasteiger partial charge in [-0.15, -0.1) is 0 Å². The number of aryl methyl sites for hydroxylation is 2. The molecule has 0 fully saturated rings. The summed E-state index contributed by atoms with van der Waals surface area (Å²) in [6.45, 7) is 9.45. The molecule has 1 N–H and O–H groups in total. The molecule has 0 radical (unpaired) electrons. The summed E-state index contributed by atoms with van der Waals surface area (Å²) in [5.74, 6) is -0.0276. The first-order valence-electron chi connectivity index (χ1n) is 6.81. The zero-order valence-corrected chi connectivity index (χ0v) is 12.3. The maximum absolute atomic E-state index is 11.8. The Morgan fingerprint density at radius 1 is 1.45 bits per heavy atom. The van der Waals surface area contributed by atoms with E-state index in [1.807, 2.05) is 32.9 Å². The standard InChI is InChI=1S/C16H22N2O2/c1-5-13-8-12(4)17-14(9-13)6-7-16(20)18-15(10-19)11(2)3/h5,8-11,15H,1,6-7H2,2-4H3,(H,18,20). The van der Waals surface area contributed by atoms with E-state index in [0.717, 1.165) is 23.2 Å². The highest BCUT2D eigenvalue weighted by atomic mass is 16.2. The lowest BCUT2D eigenvalue weighted by atomic mass is 10.1. The first-order valence-corrected chi connectivity index (χ1v) is 6.81. The second-order valence-corrected chi connectivity index (χ2v) is 5.21. The van der Waals surface area contributed by atoms with Crippen molar-refractivity contribution in [3.05, 3.63) is 35.7 Å². The molecule has 1 atom stereocenters. The number of aldehydes is 1. The third-order valence-corrected chi connectivity index (χ3v) is 3.07. The molecule has 4 heteroatoms. The second kappa shape index (κ2) is 7.58. The molecule has 20 heavy (non-hydrogen) atoms. The van der Waals surface area contributed by atoms with Crippen LogP contribution in [0.1, 0.15) is 37.2 Å². The molecule has 0 aliphatic rings. The minimum Gasteiger partial charge on any atom is -0.346 e. The van der Waals surface area contributed by atoms with Gasteiger partial charge in [0.2, 0.25) is 5.91 Å². The largest absolute Gasteiger partial charge is 0.346 e. The molecule has 0 aliphatic heterocycles. The number of carbonyl (C=O) groups excluding carboxylic acids is 2. The van der Waals surface area contributed by atoms with Crippen molar-refractivity contribution >= 4 is 18.3 Å². The van der Waals surface area contributed by atoms with E-state index in [1.165, 1.54) is 0 Å².